The van der Waals surface area contributed by atoms with Crippen LogP contribution in [0.5, 0.6) is 0 Å². The molecule has 1 unspecified atom stereocenters. The summed E-state index contributed by atoms with van der Waals surface area (Å²) in [5.74, 6) is -1.52. The Balaban J connectivity index is 2.88. The van der Waals surface area contributed by atoms with Crippen LogP contribution in [0, 0.1) is 17.0 Å². The van der Waals surface area contributed by atoms with Crippen molar-refractivity contribution in [1.82, 2.24) is 5.32 Å². The molecule has 19 heavy (non-hydrogen) atoms. The first-order valence-corrected chi connectivity index (χ1v) is 7.15. The summed E-state index contributed by atoms with van der Waals surface area (Å²) >= 11 is 0. The van der Waals surface area contributed by atoms with Crippen molar-refractivity contribution in [2.24, 2.45) is 5.41 Å². The molecule has 3 heteroatoms. The van der Waals surface area contributed by atoms with Crippen LogP contribution in [-0.4, -0.2) is 13.6 Å². The van der Waals surface area contributed by atoms with Crippen molar-refractivity contribution in [3.8, 4) is 0 Å². The molecule has 1 aromatic carbocycles. The molecule has 1 nitrogen and oxygen atoms in total. The summed E-state index contributed by atoms with van der Waals surface area (Å²) in [6, 6.07) is 4.26. The normalized spacial score (nSPS) is 14.4. The highest BCUT2D eigenvalue weighted by atomic mass is 19.2. The number of unbranched alkanes of at least 4 members (excludes halogenated alkanes) is 1. The van der Waals surface area contributed by atoms with Crippen molar-refractivity contribution in [1.29, 1.82) is 0 Å². The second kappa shape index (κ2) is 7.59. The number of nitrogens with one attached hydrogen (secondary N) is 1. The van der Waals surface area contributed by atoms with Gasteiger partial charge in [0.15, 0.2) is 11.6 Å². The topological polar surface area (TPSA) is 12.0 Å². The van der Waals surface area contributed by atoms with Crippen LogP contribution < -0.4 is 5.32 Å². The zero-order valence-corrected chi connectivity index (χ0v) is 12.2. The lowest BCUT2D eigenvalue weighted by Crippen LogP contribution is -2.34. The fourth-order valence-electron chi connectivity index (χ4n) is 2.68. The van der Waals surface area contributed by atoms with Gasteiger partial charge in [-0.25, -0.2) is 8.78 Å². The van der Waals surface area contributed by atoms with E-state index in [1.165, 1.54) is 18.6 Å². The maximum atomic E-state index is 13.3. The predicted octanol–water partition coefficient (Wildman–Crippen LogP) is 4.31. The average molecular weight is 269 g/mol. The van der Waals surface area contributed by atoms with Crippen molar-refractivity contribution in [3.63, 3.8) is 0 Å². The van der Waals surface area contributed by atoms with Gasteiger partial charge in [-0.15, -0.1) is 0 Å². The number of halogens is 2. The van der Waals surface area contributed by atoms with Gasteiger partial charge in [0.25, 0.3) is 0 Å². The highest BCUT2D eigenvalue weighted by Crippen LogP contribution is 2.32. The molecule has 0 aliphatic rings. The SMILES string of the molecule is CCCCC(CC)(CNC)Cc1ccc(F)c(F)c1. The Bertz CT molecular complexity index is 392. The minimum atomic E-state index is -0.770. The van der Waals surface area contributed by atoms with Crippen molar-refractivity contribution < 1.29 is 8.78 Å². The first-order valence-electron chi connectivity index (χ1n) is 7.15. The average Bonchev–Trinajstić information content (AvgIpc) is 2.40. The van der Waals surface area contributed by atoms with Crippen LogP contribution >= 0.6 is 0 Å². The van der Waals surface area contributed by atoms with E-state index in [0.29, 0.717) is 0 Å². The summed E-state index contributed by atoms with van der Waals surface area (Å²) in [5, 5.41) is 3.25. The second-order valence-electron chi connectivity index (χ2n) is 5.41. The van der Waals surface area contributed by atoms with E-state index < -0.39 is 11.6 Å². The van der Waals surface area contributed by atoms with Gasteiger partial charge in [0, 0.05) is 6.54 Å². The Kier molecular flexibility index (Phi) is 6.43. The third kappa shape index (κ3) is 4.57. The molecule has 0 bridgehead atoms. The van der Waals surface area contributed by atoms with Gasteiger partial charge in [-0.3, -0.25) is 0 Å². The summed E-state index contributed by atoms with van der Waals surface area (Å²) in [7, 11) is 1.95. The van der Waals surface area contributed by atoms with Gasteiger partial charge < -0.3 is 5.32 Å². The Morgan fingerprint density at radius 3 is 2.42 bits per heavy atom. The van der Waals surface area contributed by atoms with Gasteiger partial charge in [0.1, 0.15) is 0 Å². The zero-order chi connectivity index (χ0) is 14.3. The molecular formula is C16H25F2N. The summed E-state index contributed by atoms with van der Waals surface area (Å²) in [6.07, 6.45) is 5.26. The minimum Gasteiger partial charge on any atom is -0.319 e. The number of hydrogen-bond acceptors (Lipinski definition) is 1. The fraction of sp³-hybridized carbons (Fsp3) is 0.625. The van der Waals surface area contributed by atoms with E-state index in [4.69, 9.17) is 0 Å². The largest absolute Gasteiger partial charge is 0.319 e. The van der Waals surface area contributed by atoms with Crippen molar-refractivity contribution >= 4 is 0 Å². The third-order valence-electron chi connectivity index (χ3n) is 3.93. The van der Waals surface area contributed by atoms with Crippen LogP contribution in [0.15, 0.2) is 18.2 Å². The van der Waals surface area contributed by atoms with Gasteiger partial charge >= 0.3 is 0 Å². The van der Waals surface area contributed by atoms with E-state index in [-0.39, 0.29) is 5.41 Å². The van der Waals surface area contributed by atoms with E-state index in [9.17, 15) is 8.78 Å². The lowest BCUT2D eigenvalue weighted by Gasteiger charge is -2.33. The molecule has 108 valence electrons. The molecule has 1 atom stereocenters. The molecule has 1 aromatic rings. The Morgan fingerprint density at radius 1 is 1.16 bits per heavy atom. The second-order valence-corrected chi connectivity index (χ2v) is 5.41. The Hall–Kier alpha value is -0.960. The fourth-order valence-corrected chi connectivity index (χ4v) is 2.68. The standard InChI is InChI=1S/C16H25F2N/c1-4-6-9-16(5-2,12-19-3)11-13-7-8-14(17)15(18)10-13/h7-8,10,19H,4-6,9,11-12H2,1-3H3. The number of rotatable bonds is 8. The van der Waals surface area contributed by atoms with Crippen LogP contribution in [0.3, 0.4) is 0 Å². The monoisotopic (exact) mass is 269 g/mol. The molecular weight excluding hydrogens is 244 g/mol. The Morgan fingerprint density at radius 2 is 1.89 bits per heavy atom. The molecule has 0 saturated carbocycles. The number of benzene rings is 1. The van der Waals surface area contributed by atoms with Gasteiger partial charge in [-0.2, -0.15) is 0 Å². The van der Waals surface area contributed by atoms with Crippen molar-refractivity contribution in [2.45, 2.75) is 46.0 Å². The van der Waals surface area contributed by atoms with E-state index in [2.05, 4.69) is 19.2 Å². The maximum Gasteiger partial charge on any atom is 0.159 e. The molecule has 0 aliphatic heterocycles. The van der Waals surface area contributed by atoms with E-state index in [1.54, 1.807) is 6.07 Å². The van der Waals surface area contributed by atoms with Gasteiger partial charge in [0.2, 0.25) is 0 Å². The predicted molar refractivity (Wildman–Crippen MR) is 76.2 cm³/mol. The van der Waals surface area contributed by atoms with Crippen LogP contribution in [0.25, 0.3) is 0 Å². The zero-order valence-electron chi connectivity index (χ0n) is 12.2. The van der Waals surface area contributed by atoms with Crippen LogP contribution in [0.1, 0.15) is 45.1 Å². The lowest BCUT2D eigenvalue weighted by atomic mass is 9.75. The quantitative estimate of drug-likeness (QED) is 0.741. The minimum absolute atomic E-state index is 0.134. The van der Waals surface area contributed by atoms with Gasteiger partial charge in [-0.05, 0) is 49.4 Å². The van der Waals surface area contributed by atoms with Gasteiger partial charge in [-0.1, -0.05) is 32.8 Å². The highest BCUT2D eigenvalue weighted by molar-refractivity contribution is 5.19. The smallest absolute Gasteiger partial charge is 0.159 e. The molecule has 1 N–H and O–H groups in total. The van der Waals surface area contributed by atoms with Crippen LogP contribution in [0.2, 0.25) is 0 Å². The molecule has 0 saturated heterocycles. The van der Waals surface area contributed by atoms with Crippen molar-refractivity contribution in [3.05, 3.63) is 35.4 Å². The van der Waals surface area contributed by atoms with Gasteiger partial charge in [0.05, 0.1) is 0 Å². The van der Waals surface area contributed by atoms with Crippen LogP contribution in [0.4, 0.5) is 8.78 Å². The molecule has 0 spiro atoms. The highest BCUT2D eigenvalue weighted by Gasteiger charge is 2.27. The molecule has 0 fully saturated rings. The Labute approximate surface area is 115 Å². The van der Waals surface area contributed by atoms with E-state index in [1.807, 2.05) is 7.05 Å². The molecule has 1 rings (SSSR count). The molecule has 0 aromatic heterocycles. The summed E-state index contributed by atoms with van der Waals surface area (Å²) in [6.45, 7) is 5.26. The molecule has 0 heterocycles. The summed E-state index contributed by atoms with van der Waals surface area (Å²) in [5.41, 5.74) is 1.02. The van der Waals surface area contributed by atoms with Crippen molar-refractivity contribution in [2.75, 3.05) is 13.6 Å². The van der Waals surface area contributed by atoms with E-state index >= 15 is 0 Å². The third-order valence-corrected chi connectivity index (χ3v) is 3.93. The van der Waals surface area contributed by atoms with E-state index in [0.717, 1.165) is 37.8 Å². The maximum absolute atomic E-state index is 13.3. The first kappa shape index (κ1) is 16.1. The molecule has 0 radical (unpaired) electrons. The molecule has 0 amide bonds. The summed E-state index contributed by atoms with van der Waals surface area (Å²) in [4.78, 5) is 0. The number of hydrogen-bond donors (Lipinski definition) is 1. The lowest BCUT2D eigenvalue weighted by molar-refractivity contribution is 0.234. The van der Waals surface area contributed by atoms with Crippen LogP contribution in [-0.2, 0) is 6.42 Å². The summed E-state index contributed by atoms with van der Waals surface area (Å²) < 4.78 is 26.3. The first-order chi connectivity index (χ1) is 9.06. The molecule has 0 aliphatic carbocycles.